The summed E-state index contributed by atoms with van der Waals surface area (Å²) in [5.74, 6) is -0.551. The molecule has 4 rings (SSSR count). The summed E-state index contributed by atoms with van der Waals surface area (Å²) in [6, 6.07) is 4.47. The lowest BCUT2D eigenvalue weighted by atomic mass is 10.1. The molecule has 38 heavy (non-hydrogen) atoms. The lowest BCUT2D eigenvalue weighted by Crippen LogP contribution is -2.40. The van der Waals surface area contributed by atoms with Crippen molar-refractivity contribution in [3.05, 3.63) is 41.0 Å². The summed E-state index contributed by atoms with van der Waals surface area (Å²) in [5, 5.41) is 6.23. The molecule has 0 spiro atoms. The predicted octanol–water partition coefficient (Wildman–Crippen LogP) is 5.97. The zero-order valence-corrected chi connectivity index (χ0v) is 23.3. The van der Waals surface area contributed by atoms with Gasteiger partial charge in [-0.2, -0.15) is 0 Å². The van der Waals surface area contributed by atoms with Crippen molar-refractivity contribution in [1.82, 2.24) is 20.3 Å². The van der Waals surface area contributed by atoms with Gasteiger partial charge in [0.2, 0.25) is 0 Å². The fourth-order valence-corrected chi connectivity index (χ4v) is 4.31. The van der Waals surface area contributed by atoms with E-state index in [1.807, 2.05) is 27.7 Å². The van der Waals surface area contributed by atoms with Crippen molar-refractivity contribution in [2.45, 2.75) is 84.9 Å². The van der Waals surface area contributed by atoms with Crippen molar-refractivity contribution in [2.75, 3.05) is 11.9 Å². The van der Waals surface area contributed by atoms with Crippen LogP contribution in [0.5, 0.6) is 0 Å². The number of H-pyrrole nitrogens is 1. The lowest BCUT2D eigenvalue weighted by Gasteiger charge is -2.23. The number of rotatable bonds is 6. The number of fused-ring (bicyclic) bond motifs is 1. The number of amides is 1. The van der Waals surface area contributed by atoms with Gasteiger partial charge in [-0.05, 0) is 86.4 Å². The Morgan fingerprint density at radius 3 is 2.39 bits per heavy atom. The highest BCUT2D eigenvalue weighted by Crippen LogP contribution is 2.48. The maximum Gasteiger partial charge on any atom is 0.408 e. The molecule has 1 aromatic carbocycles. The Morgan fingerprint density at radius 2 is 1.82 bits per heavy atom. The van der Waals surface area contributed by atoms with Crippen LogP contribution in [0.25, 0.3) is 22.3 Å². The van der Waals surface area contributed by atoms with Crippen LogP contribution >= 0.6 is 0 Å². The third-order valence-corrected chi connectivity index (χ3v) is 6.00. The van der Waals surface area contributed by atoms with E-state index in [-0.39, 0.29) is 23.3 Å². The van der Waals surface area contributed by atoms with E-state index in [0.29, 0.717) is 46.8 Å². The van der Waals surface area contributed by atoms with E-state index < -0.39 is 29.0 Å². The molecule has 10 heteroatoms. The van der Waals surface area contributed by atoms with Crippen LogP contribution < -0.4 is 10.6 Å². The number of anilines is 1. The summed E-state index contributed by atoms with van der Waals surface area (Å²) in [7, 11) is 0. The first kappa shape index (κ1) is 27.3. The van der Waals surface area contributed by atoms with Crippen LogP contribution in [0.1, 0.15) is 83.1 Å². The summed E-state index contributed by atoms with van der Waals surface area (Å²) >= 11 is 0. The maximum atomic E-state index is 15.5. The van der Waals surface area contributed by atoms with Gasteiger partial charge in [0.25, 0.3) is 0 Å². The van der Waals surface area contributed by atoms with Gasteiger partial charge in [0.05, 0.1) is 45.9 Å². The van der Waals surface area contributed by atoms with Crippen LogP contribution in [0.3, 0.4) is 0 Å². The maximum absolute atomic E-state index is 15.5. The van der Waals surface area contributed by atoms with Gasteiger partial charge in [-0.3, -0.25) is 0 Å². The molecule has 2 aromatic heterocycles. The van der Waals surface area contributed by atoms with Crippen LogP contribution in [-0.4, -0.2) is 44.8 Å². The van der Waals surface area contributed by atoms with Gasteiger partial charge >= 0.3 is 12.1 Å². The van der Waals surface area contributed by atoms with Gasteiger partial charge in [0.15, 0.2) is 0 Å². The van der Waals surface area contributed by atoms with Crippen LogP contribution in [0, 0.1) is 12.7 Å². The Labute approximate surface area is 221 Å². The molecule has 0 bridgehead atoms. The molecule has 0 saturated heterocycles. The van der Waals surface area contributed by atoms with E-state index in [2.05, 4.69) is 20.6 Å². The summed E-state index contributed by atoms with van der Waals surface area (Å²) in [6.07, 6.45) is 0.557. The normalized spacial score (nSPS) is 14.8. The molecule has 0 aliphatic heterocycles. The second-order valence-corrected chi connectivity index (χ2v) is 11.7. The monoisotopic (exact) mass is 525 g/mol. The van der Waals surface area contributed by atoms with E-state index in [9.17, 15) is 9.59 Å². The topological polar surface area (TPSA) is 118 Å². The van der Waals surface area contributed by atoms with E-state index in [1.165, 1.54) is 6.07 Å². The number of carbonyl (C=O) groups is 2. The quantitative estimate of drug-likeness (QED) is 0.339. The molecule has 1 saturated carbocycles. The highest BCUT2D eigenvalue weighted by molar-refractivity contribution is 5.97. The zero-order valence-electron chi connectivity index (χ0n) is 23.3. The second-order valence-electron chi connectivity index (χ2n) is 11.7. The largest absolute Gasteiger partial charge is 0.462 e. The van der Waals surface area contributed by atoms with Crippen molar-refractivity contribution in [1.29, 1.82) is 0 Å². The minimum absolute atomic E-state index is 0.167. The fourth-order valence-electron chi connectivity index (χ4n) is 4.31. The highest BCUT2D eigenvalue weighted by Gasteiger charge is 2.50. The molecule has 3 N–H and O–H groups in total. The average Bonchev–Trinajstić information content (AvgIpc) is 3.39. The van der Waals surface area contributed by atoms with Gasteiger partial charge in [0.1, 0.15) is 22.8 Å². The van der Waals surface area contributed by atoms with Gasteiger partial charge < -0.3 is 25.1 Å². The molecule has 0 radical (unpaired) electrons. The van der Waals surface area contributed by atoms with E-state index >= 15 is 4.39 Å². The Kier molecular flexibility index (Phi) is 6.88. The average molecular weight is 526 g/mol. The number of benzene rings is 1. The standard InChI is InChI=1S/C28H36FN5O4/c1-9-37-24(35)16-14-19(31-22(16)28(12-13-28)34-25(36)38-27(6,7)8)20-17(29)10-11-18-21(20)32-23(15(2)30-18)33-26(3,4)5/h10-11,14,31H,9,12-13H2,1-8H3,(H,32,33)(H,34,36). The van der Waals surface area contributed by atoms with Gasteiger partial charge in [-0.25, -0.2) is 23.9 Å². The van der Waals surface area contributed by atoms with Crippen LogP contribution in [0.15, 0.2) is 18.2 Å². The Morgan fingerprint density at radius 1 is 1.13 bits per heavy atom. The molecule has 3 aromatic rings. The molecule has 0 unspecified atom stereocenters. The summed E-state index contributed by atoms with van der Waals surface area (Å²) in [5.41, 5.74) is 0.889. The number of ether oxygens (including phenoxy) is 2. The number of halogens is 1. The van der Waals surface area contributed by atoms with E-state index in [4.69, 9.17) is 14.5 Å². The molecular formula is C28H36FN5O4. The van der Waals surface area contributed by atoms with E-state index in [0.717, 1.165) is 0 Å². The first-order chi connectivity index (χ1) is 17.6. The molecule has 0 atom stereocenters. The molecule has 1 amide bonds. The number of carbonyl (C=O) groups excluding carboxylic acids is 2. The third kappa shape index (κ3) is 5.74. The van der Waals surface area contributed by atoms with Gasteiger partial charge in [-0.15, -0.1) is 0 Å². The van der Waals surface area contributed by atoms with Crippen molar-refractivity contribution in [2.24, 2.45) is 0 Å². The predicted molar refractivity (Wildman–Crippen MR) is 144 cm³/mol. The number of aromatic amines is 1. The lowest BCUT2D eigenvalue weighted by molar-refractivity contribution is 0.0477. The van der Waals surface area contributed by atoms with Crippen LogP contribution in [0.4, 0.5) is 15.0 Å². The van der Waals surface area contributed by atoms with Crippen molar-refractivity contribution in [3.8, 4) is 11.3 Å². The first-order valence-corrected chi connectivity index (χ1v) is 12.8. The van der Waals surface area contributed by atoms with Crippen LogP contribution in [0.2, 0.25) is 0 Å². The Balaban J connectivity index is 1.86. The number of aryl methyl sites for hydroxylation is 1. The number of nitrogens with one attached hydrogen (secondary N) is 3. The smallest absolute Gasteiger partial charge is 0.408 e. The van der Waals surface area contributed by atoms with Crippen molar-refractivity contribution >= 4 is 28.9 Å². The zero-order chi connectivity index (χ0) is 28.0. The van der Waals surface area contributed by atoms with Gasteiger partial charge in [0, 0.05) is 5.54 Å². The summed E-state index contributed by atoms with van der Waals surface area (Å²) < 4.78 is 26.2. The van der Waals surface area contributed by atoms with Crippen molar-refractivity contribution in [3.63, 3.8) is 0 Å². The summed E-state index contributed by atoms with van der Waals surface area (Å²) in [4.78, 5) is 38.2. The molecular weight excluding hydrogens is 489 g/mol. The van der Waals surface area contributed by atoms with Crippen LogP contribution in [-0.2, 0) is 15.0 Å². The molecule has 2 heterocycles. The van der Waals surface area contributed by atoms with E-state index in [1.54, 1.807) is 39.8 Å². The molecule has 1 aliphatic rings. The molecule has 9 nitrogen and oxygen atoms in total. The molecule has 1 aliphatic carbocycles. The number of nitrogens with zero attached hydrogens (tertiary/aromatic N) is 2. The number of hydrogen-bond donors (Lipinski definition) is 3. The number of aromatic nitrogens is 3. The first-order valence-electron chi connectivity index (χ1n) is 12.8. The minimum Gasteiger partial charge on any atom is -0.462 e. The third-order valence-electron chi connectivity index (χ3n) is 6.00. The van der Waals surface area contributed by atoms with Crippen molar-refractivity contribution < 1.29 is 23.5 Å². The Bertz CT molecular complexity index is 1400. The Hall–Kier alpha value is -3.69. The molecule has 1 fully saturated rings. The molecule has 204 valence electrons. The SMILES string of the molecule is CCOC(=O)c1cc(-c2c(F)ccc3nc(C)c(NC(C)(C)C)nc23)[nH]c1C1(NC(=O)OC(C)(C)C)CC1. The number of alkyl carbamates (subject to hydrolysis) is 1. The summed E-state index contributed by atoms with van der Waals surface area (Å²) in [6.45, 7) is 15.0. The highest BCUT2D eigenvalue weighted by atomic mass is 19.1. The number of esters is 1. The van der Waals surface area contributed by atoms with Gasteiger partial charge in [-0.1, -0.05) is 0 Å². The number of hydrogen-bond acceptors (Lipinski definition) is 7. The fraction of sp³-hybridized carbons (Fsp3) is 0.500. The minimum atomic E-state index is -0.856. The second kappa shape index (κ2) is 9.56.